The number of hydrogen-bond acceptors (Lipinski definition) is 3. The van der Waals surface area contributed by atoms with Crippen LogP contribution in [0.5, 0.6) is 0 Å². The fraction of sp³-hybridized carbons (Fsp3) is 0.818. The van der Waals surface area contributed by atoms with Crippen molar-refractivity contribution in [3.63, 3.8) is 0 Å². The average Bonchev–Trinajstić information content (AvgIpc) is 2.50. The van der Waals surface area contributed by atoms with Crippen LogP contribution in [-0.2, 0) is 4.74 Å². The van der Waals surface area contributed by atoms with E-state index in [1.807, 2.05) is 27.0 Å². The molecule has 0 aliphatic carbocycles. The summed E-state index contributed by atoms with van der Waals surface area (Å²) < 4.78 is 5.29. The Morgan fingerprint density at radius 3 is 2.73 bits per heavy atom. The Hall–Kier alpha value is -1.06. The Morgan fingerprint density at radius 1 is 1.53 bits per heavy atom. The van der Waals surface area contributed by atoms with Crippen LogP contribution in [0.3, 0.4) is 0 Å². The molecule has 1 atom stereocenters. The van der Waals surface area contributed by atoms with Gasteiger partial charge in [0.05, 0.1) is 0 Å². The topological polar surface area (TPSA) is 41.9 Å². The molecule has 0 aromatic carbocycles. The Labute approximate surface area is 91.3 Å². The normalized spacial score (nSPS) is 22.4. The first kappa shape index (κ1) is 12.0. The molecule has 0 bridgehead atoms. The van der Waals surface area contributed by atoms with E-state index in [1.165, 1.54) is 0 Å². The van der Waals surface area contributed by atoms with Crippen molar-refractivity contribution in [3.05, 3.63) is 0 Å². The second-order valence-electron chi connectivity index (χ2n) is 4.88. The molecular formula is C11H20N2O2. The number of aliphatic imine (C=N–C) groups is 1. The third-order valence-corrected chi connectivity index (χ3v) is 2.24. The molecule has 1 fully saturated rings. The summed E-state index contributed by atoms with van der Waals surface area (Å²) in [5.74, 6) is 0.391. The summed E-state index contributed by atoms with van der Waals surface area (Å²) in [6.45, 7) is 7.14. The van der Waals surface area contributed by atoms with Gasteiger partial charge in [-0.3, -0.25) is 0 Å². The monoisotopic (exact) mass is 212 g/mol. The molecule has 0 radical (unpaired) electrons. The smallest absolute Gasteiger partial charge is 0.410 e. The van der Waals surface area contributed by atoms with Crippen molar-refractivity contribution >= 4 is 12.3 Å². The first-order valence-corrected chi connectivity index (χ1v) is 5.32. The Morgan fingerprint density at radius 2 is 2.20 bits per heavy atom. The molecule has 0 aromatic heterocycles. The molecule has 1 heterocycles. The minimum atomic E-state index is -0.409. The van der Waals surface area contributed by atoms with Gasteiger partial charge in [0.25, 0.3) is 0 Å². The molecule has 1 aliphatic rings. The lowest BCUT2D eigenvalue weighted by atomic mass is 10.1. The summed E-state index contributed by atoms with van der Waals surface area (Å²) in [6.07, 6.45) is 2.68. The van der Waals surface area contributed by atoms with Gasteiger partial charge in [-0.15, -0.1) is 0 Å². The highest BCUT2D eigenvalue weighted by atomic mass is 16.6. The van der Waals surface area contributed by atoms with Gasteiger partial charge in [-0.05, 0) is 27.2 Å². The highest BCUT2D eigenvalue weighted by Crippen LogP contribution is 2.18. The average molecular weight is 212 g/mol. The van der Waals surface area contributed by atoms with Crippen LogP contribution in [0.15, 0.2) is 4.99 Å². The predicted octanol–water partition coefficient (Wildman–Crippen LogP) is 1.94. The van der Waals surface area contributed by atoms with Crippen LogP contribution < -0.4 is 0 Å². The maximum atomic E-state index is 11.7. The number of carbonyl (C=O) groups is 1. The van der Waals surface area contributed by atoms with Gasteiger partial charge in [0.2, 0.25) is 0 Å². The predicted molar refractivity (Wildman–Crippen MR) is 60.3 cm³/mol. The quantitative estimate of drug-likeness (QED) is 0.623. The van der Waals surface area contributed by atoms with Gasteiger partial charge in [0, 0.05) is 32.3 Å². The minimum absolute atomic E-state index is 0.213. The van der Waals surface area contributed by atoms with Gasteiger partial charge < -0.3 is 14.6 Å². The molecule has 0 aromatic rings. The molecule has 1 amide bonds. The molecule has 0 spiro atoms. The Kier molecular flexibility index (Phi) is 3.72. The Bertz CT molecular complexity index is 256. The van der Waals surface area contributed by atoms with E-state index in [4.69, 9.17) is 4.74 Å². The van der Waals surface area contributed by atoms with E-state index in [2.05, 4.69) is 4.99 Å². The Balaban J connectivity index is 2.43. The largest absolute Gasteiger partial charge is 0.444 e. The van der Waals surface area contributed by atoms with Crippen molar-refractivity contribution in [2.24, 2.45) is 10.9 Å². The lowest BCUT2D eigenvalue weighted by molar-refractivity contribution is 0.0292. The van der Waals surface area contributed by atoms with Gasteiger partial charge in [-0.25, -0.2) is 4.79 Å². The number of carbonyl (C=O) groups excluding carboxylic acids is 1. The number of ether oxygens (including phenoxy) is 1. The summed E-state index contributed by atoms with van der Waals surface area (Å²) in [5, 5.41) is 0. The summed E-state index contributed by atoms with van der Waals surface area (Å²) in [6, 6.07) is 0. The molecule has 0 saturated carbocycles. The third-order valence-electron chi connectivity index (χ3n) is 2.24. The van der Waals surface area contributed by atoms with E-state index in [-0.39, 0.29) is 6.09 Å². The molecule has 1 saturated heterocycles. The van der Waals surface area contributed by atoms with Crippen molar-refractivity contribution in [1.82, 2.24) is 4.90 Å². The van der Waals surface area contributed by atoms with Crippen LogP contribution in [0.2, 0.25) is 0 Å². The summed E-state index contributed by atoms with van der Waals surface area (Å²) in [5.41, 5.74) is -0.409. The molecule has 4 nitrogen and oxygen atoms in total. The lowest BCUT2D eigenvalue weighted by Crippen LogP contribution is -2.35. The van der Waals surface area contributed by atoms with Gasteiger partial charge >= 0.3 is 6.09 Å². The molecule has 15 heavy (non-hydrogen) atoms. The van der Waals surface area contributed by atoms with E-state index in [0.29, 0.717) is 5.92 Å². The van der Waals surface area contributed by atoms with Crippen molar-refractivity contribution in [2.45, 2.75) is 32.8 Å². The fourth-order valence-corrected chi connectivity index (χ4v) is 1.61. The third kappa shape index (κ3) is 3.90. The number of likely N-dealkylation sites (tertiary alicyclic amines) is 1. The maximum Gasteiger partial charge on any atom is 0.410 e. The van der Waals surface area contributed by atoms with Crippen molar-refractivity contribution < 1.29 is 9.53 Å². The summed E-state index contributed by atoms with van der Waals surface area (Å²) >= 11 is 0. The number of rotatable bonds is 1. The van der Waals surface area contributed by atoms with Crippen molar-refractivity contribution in [2.75, 3.05) is 20.1 Å². The molecule has 1 unspecified atom stereocenters. The number of nitrogens with zero attached hydrogens (tertiary/aromatic N) is 2. The molecule has 1 aliphatic heterocycles. The van der Waals surface area contributed by atoms with Crippen LogP contribution in [0.4, 0.5) is 4.79 Å². The standard InChI is InChI=1S/C11H20N2O2/c1-11(2,3)15-10(14)13-6-5-9(8-13)7-12-4/h7,9H,5-6,8H2,1-4H3. The van der Waals surface area contributed by atoms with Crippen LogP contribution in [0.25, 0.3) is 0 Å². The number of amides is 1. The second kappa shape index (κ2) is 4.64. The molecule has 4 heteroatoms. The van der Waals surface area contributed by atoms with E-state index in [1.54, 1.807) is 11.9 Å². The zero-order valence-corrected chi connectivity index (χ0v) is 9.99. The summed E-state index contributed by atoms with van der Waals surface area (Å²) in [7, 11) is 1.76. The minimum Gasteiger partial charge on any atom is -0.444 e. The van der Waals surface area contributed by atoms with Crippen molar-refractivity contribution in [3.8, 4) is 0 Å². The first-order chi connectivity index (χ1) is 6.92. The van der Waals surface area contributed by atoms with Gasteiger partial charge in [0.1, 0.15) is 5.60 Å². The first-order valence-electron chi connectivity index (χ1n) is 5.32. The molecule has 1 rings (SSSR count). The van der Waals surface area contributed by atoms with Crippen molar-refractivity contribution in [1.29, 1.82) is 0 Å². The zero-order chi connectivity index (χ0) is 11.5. The molecule has 86 valence electrons. The lowest BCUT2D eigenvalue weighted by Gasteiger charge is -2.24. The van der Waals surface area contributed by atoms with E-state index in [9.17, 15) is 4.79 Å². The highest BCUT2D eigenvalue weighted by molar-refractivity contribution is 5.70. The van der Waals surface area contributed by atoms with Gasteiger partial charge in [-0.2, -0.15) is 0 Å². The fourth-order valence-electron chi connectivity index (χ4n) is 1.61. The SMILES string of the molecule is CN=CC1CCN(C(=O)OC(C)(C)C)C1. The van der Waals surface area contributed by atoms with Gasteiger partial charge in [-0.1, -0.05) is 0 Å². The number of hydrogen-bond donors (Lipinski definition) is 0. The van der Waals surface area contributed by atoms with Crippen LogP contribution in [-0.4, -0.2) is 42.9 Å². The van der Waals surface area contributed by atoms with E-state index >= 15 is 0 Å². The van der Waals surface area contributed by atoms with Crippen LogP contribution in [0, 0.1) is 5.92 Å². The van der Waals surface area contributed by atoms with E-state index in [0.717, 1.165) is 19.5 Å². The highest BCUT2D eigenvalue weighted by Gasteiger charge is 2.28. The van der Waals surface area contributed by atoms with Crippen LogP contribution >= 0.6 is 0 Å². The molecular weight excluding hydrogens is 192 g/mol. The van der Waals surface area contributed by atoms with E-state index < -0.39 is 5.60 Å². The van der Waals surface area contributed by atoms with Gasteiger partial charge in [0.15, 0.2) is 0 Å². The van der Waals surface area contributed by atoms with Crippen LogP contribution in [0.1, 0.15) is 27.2 Å². The second-order valence-corrected chi connectivity index (χ2v) is 4.88. The molecule has 0 N–H and O–H groups in total. The summed E-state index contributed by atoms with van der Waals surface area (Å²) in [4.78, 5) is 17.4. The zero-order valence-electron chi connectivity index (χ0n) is 9.99. The maximum absolute atomic E-state index is 11.7.